The van der Waals surface area contributed by atoms with E-state index < -0.39 is 10.0 Å². The van der Waals surface area contributed by atoms with Crippen molar-refractivity contribution >= 4 is 31.6 Å². The van der Waals surface area contributed by atoms with Crippen LogP contribution in [-0.2, 0) is 14.8 Å². The van der Waals surface area contributed by atoms with Crippen LogP contribution in [0.15, 0.2) is 21.5 Å². The van der Waals surface area contributed by atoms with Gasteiger partial charge in [-0.05, 0) is 24.6 Å². The van der Waals surface area contributed by atoms with Gasteiger partial charge >= 0.3 is 0 Å². The third-order valence-corrected chi connectivity index (χ3v) is 5.10. The molecule has 2 N–H and O–H groups in total. The molecule has 0 bridgehead atoms. The molecule has 0 aliphatic carbocycles. The lowest BCUT2D eigenvalue weighted by atomic mass is 10.2. The average Bonchev–Trinajstić information content (AvgIpc) is 2.30. The largest absolute Gasteiger partial charge is 0.398 e. The van der Waals surface area contributed by atoms with Crippen LogP contribution in [-0.4, -0.2) is 40.0 Å². The highest BCUT2D eigenvalue weighted by atomic mass is 79.9. The van der Waals surface area contributed by atoms with Crippen LogP contribution >= 0.6 is 15.9 Å². The molecule has 102 valence electrons. The maximum absolute atomic E-state index is 12.4. The van der Waals surface area contributed by atoms with Gasteiger partial charge in [-0.15, -0.1) is 0 Å². The summed E-state index contributed by atoms with van der Waals surface area (Å²) in [5, 5.41) is 0. The number of benzene rings is 1. The van der Waals surface area contributed by atoms with Gasteiger partial charge in [0.25, 0.3) is 0 Å². The van der Waals surface area contributed by atoms with Gasteiger partial charge < -0.3 is 10.5 Å². The predicted molar refractivity (Wildman–Crippen MR) is 75.0 cm³/mol. The summed E-state index contributed by atoms with van der Waals surface area (Å²) in [4.78, 5) is 0.216. The molecule has 0 aliphatic heterocycles. The van der Waals surface area contributed by atoms with Crippen molar-refractivity contribution in [3.05, 3.63) is 22.2 Å². The first-order valence-corrected chi connectivity index (χ1v) is 7.55. The standard InChI is InChI=1S/C11H17BrN2O3S/c1-8-10(13)6-9(12)7-11(8)18(15,16)14(2)4-5-17-3/h6-7H,4-5,13H2,1-3H3. The number of anilines is 1. The number of rotatable bonds is 5. The summed E-state index contributed by atoms with van der Waals surface area (Å²) in [6, 6.07) is 3.24. The SMILES string of the molecule is COCCN(C)S(=O)(=O)c1cc(Br)cc(N)c1C. The Bertz CT molecular complexity index is 531. The Morgan fingerprint density at radius 2 is 2.06 bits per heavy atom. The first kappa shape index (κ1) is 15.4. The average molecular weight is 337 g/mol. The van der Waals surface area contributed by atoms with Crippen molar-refractivity contribution in [2.45, 2.75) is 11.8 Å². The van der Waals surface area contributed by atoms with Gasteiger partial charge in [0, 0.05) is 30.9 Å². The third kappa shape index (κ3) is 3.23. The second kappa shape index (κ2) is 6.01. The number of hydrogen-bond donors (Lipinski definition) is 1. The Morgan fingerprint density at radius 3 is 2.61 bits per heavy atom. The topological polar surface area (TPSA) is 72.6 Å². The van der Waals surface area contributed by atoms with Gasteiger partial charge in [0.1, 0.15) is 0 Å². The number of nitrogens with two attached hydrogens (primary N) is 1. The highest BCUT2D eigenvalue weighted by Crippen LogP contribution is 2.27. The fourth-order valence-electron chi connectivity index (χ4n) is 1.45. The zero-order chi connectivity index (χ0) is 13.9. The molecule has 1 aromatic carbocycles. The molecule has 0 saturated heterocycles. The molecular formula is C11H17BrN2O3S. The normalized spacial score (nSPS) is 12.1. The van der Waals surface area contributed by atoms with E-state index in [4.69, 9.17) is 10.5 Å². The maximum Gasteiger partial charge on any atom is 0.243 e. The number of methoxy groups -OCH3 is 1. The van der Waals surface area contributed by atoms with Crippen molar-refractivity contribution in [2.75, 3.05) is 33.0 Å². The van der Waals surface area contributed by atoms with Gasteiger partial charge in [-0.2, -0.15) is 4.31 Å². The Hall–Kier alpha value is -0.630. The molecule has 1 rings (SSSR count). The fraction of sp³-hybridized carbons (Fsp3) is 0.455. The van der Waals surface area contributed by atoms with Gasteiger partial charge in [0.05, 0.1) is 11.5 Å². The Kier molecular flexibility index (Phi) is 5.15. The number of nitrogens with zero attached hydrogens (tertiary/aromatic N) is 1. The lowest BCUT2D eigenvalue weighted by Gasteiger charge is -2.19. The summed E-state index contributed by atoms with van der Waals surface area (Å²) in [6.45, 7) is 2.34. The minimum Gasteiger partial charge on any atom is -0.398 e. The molecule has 0 fully saturated rings. The molecular weight excluding hydrogens is 320 g/mol. The Labute approximate surface area is 116 Å². The molecule has 0 heterocycles. The van der Waals surface area contributed by atoms with E-state index in [1.807, 2.05) is 0 Å². The first-order chi connectivity index (χ1) is 8.30. The van der Waals surface area contributed by atoms with Crippen LogP contribution in [0.2, 0.25) is 0 Å². The number of ether oxygens (including phenoxy) is 1. The monoisotopic (exact) mass is 336 g/mol. The van der Waals surface area contributed by atoms with Crippen LogP contribution in [0, 0.1) is 6.92 Å². The van der Waals surface area contributed by atoms with Crippen molar-refractivity contribution in [1.29, 1.82) is 0 Å². The minimum atomic E-state index is -3.54. The molecule has 0 amide bonds. The van der Waals surface area contributed by atoms with Crippen molar-refractivity contribution in [3.63, 3.8) is 0 Å². The third-order valence-electron chi connectivity index (χ3n) is 2.66. The van der Waals surface area contributed by atoms with Crippen LogP contribution in [0.25, 0.3) is 0 Å². The van der Waals surface area contributed by atoms with E-state index in [-0.39, 0.29) is 4.90 Å². The fourth-order valence-corrected chi connectivity index (χ4v) is 3.51. The van der Waals surface area contributed by atoms with Crippen LogP contribution in [0.4, 0.5) is 5.69 Å². The molecule has 18 heavy (non-hydrogen) atoms. The summed E-state index contributed by atoms with van der Waals surface area (Å²) in [5.41, 5.74) is 6.79. The molecule has 0 unspecified atom stereocenters. The van der Waals surface area contributed by atoms with E-state index >= 15 is 0 Å². The van der Waals surface area contributed by atoms with E-state index in [1.165, 1.54) is 18.5 Å². The van der Waals surface area contributed by atoms with E-state index in [0.717, 1.165) is 0 Å². The molecule has 0 aromatic heterocycles. The van der Waals surface area contributed by atoms with Crippen LogP contribution in [0.1, 0.15) is 5.56 Å². The second-order valence-electron chi connectivity index (χ2n) is 3.94. The second-order valence-corrected chi connectivity index (χ2v) is 6.87. The van der Waals surface area contributed by atoms with Gasteiger partial charge in [-0.1, -0.05) is 15.9 Å². The predicted octanol–water partition coefficient (Wildman–Crippen LogP) is 1.61. The quantitative estimate of drug-likeness (QED) is 0.829. The molecule has 0 aliphatic rings. The van der Waals surface area contributed by atoms with Crippen LogP contribution < -0.4 is 5.73 Å². The van der Waals surface area contributed by atoms with E-state index in [9.17, 15) is 8.42 Å². The highest BCUT2D eigenvalue weighted by molar-refractivity contribution is 9.10. The van der Waals surface area contributed by atoms with Crippen LogP contribution in [0.3, 0.4) is 0 Å². The van der Waals surface area contributed by atoms with E-state index in [2.05, 4.69) is 15.9 Å². The Morgan fingerprint density at radius 1 is 1.44 bits per heavy atom. The van der Waals surface area contributed by atoms with Crippen molar-refractivity contribution < 1.29 is 13.2 Å². The van der Waals surface area contributed by atoms with Gasteiger partial charge in [0.15, 0.2) is 0 Å². The smallest absolute Gasteiger partial charge is 0.243 e. The molecule has 0 saturated carbocycles. The summed E-state index contributed by atoms with van der Waals surface area (Å²) in [6.07, 6.45) is 0. The zero-order valence-electron chi connectivity index (χ0n) is 10.6. The molecule has 0 spiro atoms. The maximum atomic E-state index is 12.4. The van der Waals surface area contributed by atoms with E-state index in [1.54, 1.807) is 19.1 Å². The lowest BCUT2D eigenvalue weighted by molar-refractivity contribution is 0.185. The van der Waals surface area contributed by atoms with Crippen LogP contribution in [0.5, 0.6) is 0 Å². The van der Waals surface area contributed by atoms with Gasteiger partial charge in [0.2, 0.25) is 10.0 Å². The number of likely N-dealkylation sites (N-methyl/N-ethyl adjacent to an activating group) is 1. The molecule has 0 radical (unpaired) electrons. The number of nitrogen functional groups attached to an aromatic ring is 1. The van der Waals surface area contributed by atoms with E-state index in [0.29, 0.717) is 28.9 Å². The molecule has 5 nitrogen and oxygen atoms in total. The molecule has 1 aromatic rings. The number of halogens is 1. The summed E-state index contributed by atoms with van der Waals surface area (Å²) >= 11 is 3.25. The summed E-state index contributed by atoms with van der Waals surface area (Å²) in [7, 11) is -0.494. The Balaban J connectivity index is 3.20. The van der Waals surface area contributed by atoms with Gasteiger partial charge in [-0.25, -0.2) is 8.42 Å². The first-order valence-electron chi connectivity index (χ1n) is 5.31. The lowest BCUT2D eigenvalue weighted by Crippen LogP contribution is -2.30. The van der Waals surface area contributed by atoms with Crippen molar-refractivity contribution in [1.82, 2.24) is 4.31 Å². The van der Waals surface area contributed by atoms with Crippen molar-refractivity contribution in [2.24, 2.45) is 0 Å². The minimum absolute atomic E-state index is 0.216. The zero-order valence-corrected chi connectivity index (χ0v) is 13.0. The summed E-state index contributed by atoms with van der Waals surface area (Å²) in [5.74, 6) is 0. The van der Waals surface area contributed by atoms with Crippen molar-refractivity contribution in [3.8, 4) is 0 Å². The number of sulfonamides is 1. The van der Waals surface area contributed by atoms with Gasteiger partial charge in [-0.3, -0.25) is 0 Å². The molecule has 7 heteroatoms. The molecule has 0 atom stereocenters. The highest BCUT2D eigenvalue weighted by Gasteiger charge is 2.23. The number of hydrogen-bond acceptors (Lipinski definition) is 4. The summed E-state index contributed by atoms with van der Waals surface area (Å²) < 4.78 is 31.5.